The third-order valence-corrected chi connectivity index (χ3v) is 6.57. The first-order valence-electron chi connectivity index (χ1n) is 12.1. The van der Waals surface area contributed by atoms with Gasteiger partial charge in [0.1, 0.15) is 11.5 Å². The van der Waals surface area contributed by atoms with Gasteiger partial charge in [0.2, 0.25) is 0 Å². The van der Waals surface area contributed by atoms with Gasteiger partial charge in [0.15, 0.2) is 5.96 Å². The van der Waals surface area contributed by atoms with E-state index in [1.54, 1.807) is 14.2 Å². The van der Waals surface area contributed by atoms with E-state index in [2.05, 4.69) is 58.2 Å². The second-order valence-electron chi connectivity index (χ2n) is 8.69. The molecule has 0 spiro atoms. The number of guanidine groups is 1. The van der Waals surface area contributed by atoms with Crippen molar-refractivity contribution < 1.29 is 9.47 Å². The minimum atomic E-state index is 0.355. The van der Waals surface area contributed by atoms with Gasteiger partial charge in [0.05, 0.1) is 20.8 Å². The van der Waals surface area contributed by atoms with Gasteiger partial charge in [-0.2, -0.15) is 0 Å². The summed E-state index contributed by atoms with van der Waals surface area (Å²) in [7, 11) is 3.38. The van der Waals surface area contributed by atoms with Crippen molar-refractivity contribution in [1.82, 2.24) is 20.4 Å². The van der Waals surface area contributed by atoms with Gasteiger partial charge in [-0.25, -0.2) is 0 Å². The van der Waals surface area contributed by atoms with Crippen LogP contribution in [0, 0.1) is 0 Å². The number of piperazine rings is 1. The fourth-order valence-electron chi connectivity index (χ4n) is 4.46. The maximum atomic E-state index is 5.44. The number of benzene rings is 1. The molecule has 0 aromatic heterocycles. The Labute approximate surface area is 193 Å². The summed E-state index contributed by atoms with van der Waals surface area (Å²) >= 11 is 0. The number of aliphatic imine (C=N–C) groups is 1. The molecule has 0 saturated carbocycles. The molecule has 3 rings (SSSR count). The van der Waals surface area contributed by atoms with Crippen LogP contribution in [0.1, 0.15) is 27.2 Å². The molecule has 0 radical (unpaired) electrons. The highest BCUT2D eigenvalue weighted by Gasteiger charge is 2.25. The average Bonchev–Trinajstić information content (AvgIpc) is 3.30. The summed E-state index contributed by atoms with van der Waals surface area (Å²) in [5, 5.41) is 7.08. The number of anilines is 1. The predicted octanol–water partition coefficient (Wildman–Crippen LogP) is 1.86. The lowest BCUT2D eigenvalue weighted by atomic mass is 10.2. The molecule has 2 aliphatic rings. The molecule has 2 N–H and O–H groups in total. The molecule has 180 valence electrons. The number of methoxy groups -OCH3 is 2. The van der Waals surface area contributed by atoms with E-state index in [1.807, 2.05) is 6.07 Å². The van der Waals surface area contributed by atoms with Gasteiger partial charge < -0.3 is 29.9 Å². The molecule has 1 aromatic carbocycles. The van der Waals surface area contributed by atoms with Gasteiger partial charge in [-0.05, 0) is 26.8 Å². The lowest BCUT2D eigenvalue weighted by Gasteiger charge is -2.37. The Hall–Kier alpha value is -2.19. The van der Waals surface area contributed by atoms with Crippen LogP contribution in [0.2, 0.25) is 0 Å². The molecule has 0 aliphatic carbocycles. The third kappa shape index (κ3) is 6.65. The maximum absolute atomic E-state index is 5.44. The lowest BCUT2D eigenvalue weighted by Crippen LogP contribution is -2.50. The molecule has 2 atom stereocenters. The van der Waals surface area contributed by atoms with E-state index >= 15 is 0 Å². The zero-order valence-corrected chi connectivity index (χ0v) is 20.6. The minimum Gasteiger partial charge on any atom is -0.497 e. The molecule has 2 fully saturated rings. The average molecular weight is 447 g/mol. The summed E-state index contributed by atoms with van der Waals surface area (Å²) < 4.78 is 10.9. The molecular formula is C24H42N6O2. The largest absolute Gasteiger partial charge is 0.497 e. The fourth-order valence-corrected chi connectivity index (χ4v) is 4.46. The van der Waals surface area contributed by atoms with E-state index in [4.69, 9.17) is 14.5 Å². The molecule has 2 saturated heterocycles. The van der Waals surface area contributed by atoms with Crippen molar-refractivity contribution in [3.05, 3.63) is 18.2 Å². The number of ether oxygens (including phenoxy) is 2. The van der Waals surface area contributed by atoms with E-state index in [9.17, 15) is 0 Å². The van der Waals surface area contributed by atoms with E-state index < -0.39 is 0 Å². The lowest BCUT2D eigenvalue weighted by molar-refractivity contribution is 0.109. The zero-order valence-electron chi connectivity index (χ0n) is 20.6. The van der Waals surface area contributed by atoms with Crippen LogP contribution < -0.4 is 25.0 Å². The monoisotopic (exact) mass is 446 g/mol. The summed E-state index contributed by atoms with van der Waals surface area (Å²) in [5.74, 6) is 2.56. The maximum Gasteiger partial charge on any atom is 0.191 e. The normalized spacial score (nSPS) is 21.5. The Bertz CT molecular complexity index is 713. The Kier molecular flexibility index (Phi) is 9.29. The first-order valence-corrected chi connectivity index (χ1v) is 12.1. The molecule has 2 aliphatic heterocycles. The summed E-state index contributed by atoms with van der Waals surface area (Å²) in [4.78, 5) is 12.4. The third-order valence-electron chi connectivity index (χ3n) is 6.57. The minimum absolute atomic E-state index is 0.355. The number of likely N-dealkylation sites (N-methyl/N-ethyl adjacent to an activating group) is 1. The van der Waals surface area contributed by atoms with Crippen molar-refractivity contribution in [2.45, 2.75) is 39.3 Å². The molecule has 0 amide bonds. The smallest absolute Gasteiger partial charge is 0.191 e. The van der Waals surface area contributed by atoms with E-state index in [-0.39, 0.29) is 0 Å². The van der Waals surface area contributed by atoms with E-state index in [1.165, 1.54) is 0 Å². The highest BCUT2D eigenvalue weighted by Crippen LogP contribution is 2.30. The topological polar surface area (TPSA) is 64.6 Å². The van der Waals surface area contributed by atoms with Crippen LogP contribution in [0.15, 0.2) is 23.2 Å². The summed E-state index contributed by atoms with van der Waals surface area (Å²) in [6, 6.07) is 6.87. The Morgan fingerprint density at radius 3 is 2.34 bits per heavy atom. The van der Waals surface area contributed by atoms with Crippen LogP contribution in [0.4, 0.5) is 5.69 Å². The Balaban J connectivity index is 1.55. The first-order chi connectivity index (χ1) is 15.6. The van der Waals surface area contributed by atoms with E-state index in [0.29, 0.717) is 12.1 Å². The predicted molar refractivity (Wildman–Crippen MR) is 132 cm³/mol. The molecule has 2 heterocycles. The van der Waals surface area contributed by atoms with Crippen LogP contribution in [0.25, 0.3) is 0 Å². The summed E-state index contributed by atoms with van der Waals surface area (Å²) in [5.41, 5.74) is 1.13. The molecule has 8 nitrogen and oxygen atoms in total. The zero-order chi connectivity index (χ0) is 22.9. The number of hydrogen-bond donors (Lipinski definition) is 2. The SMILES string of the molecule is CCNC(=NCC(C)N1CCN(CC)CC1)NC1CCN(c2cc(OC)cc(OC)c2)C1. The summed E-state index contributed by atoms with van der Waals surface area (Å²) in [6.07, 6.45) is 1.07. The molecule has 8 heteroatoms. The number of nitrogens with one attached hydrogen (secondary N) is 2. The molecule has 0 bridgehead atoms. The molecule has 2 unspecified atom stereocenters. The van der Waals surface area contributed by atoms with Crippen LogP contribution >= 0.6 is 0 Å². The summed E-state index contributed by atoms with van der Waals surface area (Å²) in [6.45, 7) is 16.0. The van der Waals surface area contributed by atoms with Crippen LogP contribution in [0.3, 0.4) is 0 Å². The fraction of sp³-hybridized carbons (Fsp3) is 0.708. The van der Waals surface area contributed by atoms with Gasteiger partial charge in [0.25, 0.3) is 0 Å². The van der Waals surface area contributed by atoms with Crippen molar-refractivity contribution in [3.63, 3.8) is 0 Å². The van der Waals surface area contributed by atoms with Gasteiger partial charge >= 0.3 is 0 Å². The second-order valence-corrected chi connectivity index (χ2v) is 8.69. The van der Waals surface area contributed by atoms with Crippen molar-refractivity contribution in [2.75, 3.05) is 78.0 Å². The number of hydrogen-bond acceptors (Lipinski definition) is 6. The van der Waals surface area contributed by atoms with Crippen molar-refractivity contribution in [3.8, 4) is 11.5 Å². The first kappa shape index (κ1) is 24.5. The highest BCUT2D eigenvalue weighted by atomic mass is 16.5. The Morgan fingerprint density at radius 1 is 1.06 bits per heavy atom. The molecule has 1 aromatic rings. The standard InChI is InChI=1S/C24H42N6O2/c1-6-25-24(26-17-19(3)29-12-10-28(7-2)11-13-29)27-20-8-9-30(18-20)21-14-22(31-4)16-23(15-21)32-5/h14-16,19-20H,6-13,17-18H2,1-5H3,(H2,25,26,27). The van der Waals surface area contributed by atoms with Crippen LogP contribution in [-0.4, -0.2) is 101 Å². The van der Waals surface area contributed by atoms with Gasteiger partial charge in [0, 0.05) is 81.8 Å². The van der Waals surface area contributed by atoms with Gasteiger partial charge in [-0.15, -0.1) is 0 Å². The van der Waals surface area contributed by atoms with Crippen LogP contribution in [-0.2, 0) is 0 Å². The van der Waals surface area contributed by atoms with Crippen molar-refractivity contribution >= 4 is 11.6 Å². The number of nitrogens with zero attached hydrogens (tertiary/aromatic N) is 4. The van der Waals surface area contributed by atoms with Gasteiger partial charge in [-0.3, -0.25) is 9.89 Å². The Morgan fingerprint density at radius 2 is 1.75 bits per heavy atom. The van der Waals surface area contributed by atoms with Crippen LogP contribution in [0.5, 0.6) is 11.5 Å². The highest BCUT2D eigenvalue weighted by molar-refractivity contribution is 5.80. The van der Waals surface area contributed by atoms with Gasteiger partial charge in [-0.1, -0.05) is 6.92 Å². The quantitative estimate of drug-likeness (QED) is 0.443. The van der Waals surface area contributed by atoms with Crippen molar-refractivity contribution in [2.24, 2.45) is 4.99 Å². The van der Waals surface area contributed by atoms with E-state index in [0.717, 1.165) is 88.5 Å². The molecule has 32 heavy (non-hydrogen) atoms. The number of rotatable bonds is 9. The van der Waals surface area contributed by atoms with Crippen molar-refractivity contribution in [1.29, 1.82) is 0 Å². The molecular weight excluding hydrogens is 404 g/mol. The second kappa shape index (κ2) is 12.2.